The van der Waals surface area contributed by atoms with Crippen molar-refractivity contribution in [2.75, 3.05) is 18.4 Å². The maximum atomic E-state index is 12.5. The van der Waals surface area contributed by atoms with Crippen molar-refractivity contribution in [3.8, 4) is 0 Å². The Morgan fingerprint density at radius 1 is 1.07 bits per heavy atom. The smallest absolute Gasteiger partial charge is 0.255 e. The Morgan fingerprint density at radius 2 is 1.75 bits per heavy atom. The predicted molar refractivity (Wildman–Crippen MR) is 114 cm³/mol. The molecule has 0 atom stereocenters. The fourth-order valence-corrected chi connectivity index (χ4v) is 4.34. The molecule has 1 fully saturated rings. The number of hydrogen-bond donors (Lipinski definition) is 2. The molecule has 2 heterocycles. The third-order valence-corrected chi connectivity index (χ3v) is 6.15. The van der Waals surface area contributed by atoms with Crippen molar-refractivity contribution in [1.29, 1.82) is 0 Å². The maximum Gasteiger partial charge on any atom is 0.255 e. The third-order valence-electron chi connectivity index (χ3n) is 5.92. The van der Waals surface area contributed by atoms with Gasteiger partial charge in [-0.2, -0.15) is 0 Å². The van der Waals surface area contributed by atoms with Crippen molar-refractivity contribution in [1.82, 2.24) is 10.2 Å². The van der Waals surface area contributed by atoms with Gasteiger partial charge in [0.15, 0.2) is 0 Å². The number of piperidine rings is 1. The second-order valence-electron chi connectivity index (χ2n) is 8.10. The number of fused-ring (bicyclic) bond motifs is 1. The normalized spacial score (nSPS) is 17.8. The van der Waals surface area contributed by atoms with Gasteiger partial charge in [-0.05, 0) is 24.6 Å². The number of likely N-dealkylation sites (tertiary alicyclic amines) is 1. The van der Waals surface area contributed by atoms with Gasteiger partial charge in [0.25, 0.3) is 5.91 Å². The standard InChI is InChI=1S/C22H32ClN3O2/c1-2-3-4-5-6-7-8-9-20(27)26-14-12-22(13-15-26)24-19-16-17(23)10-11-18(19)21(28)25-22/h10-11,16,24H,2-9,12-15H2,1H3,(H,25,28). The van der Waals surface area contributed by atoms with E-state index < -0.39 is 5.66 Å². The number of hydrogen-bond acceptors (Lipinski definition) is 3. The van der Waals surface area contributed by atoms with E-state index in [-0.39, 0.29) is 11.8 Å². The summed E-state index contributed by atoms with van der Waals surface area (Å²) in [5, 5.41) is 7.19. The molecule has 154 valence electrons. The minimum absolute atomic E-state index is 0.0757. The minimum atomic E-state index is -0.481. The maximum absolute atomic E-state index is 12.5. The monoisotopic (exact) mass is 405 g/mol. The van der Waals surface area contributed by atoms with Gasteiger partial charge in [0.1, 0.15) is 5.66 Å². The summed E-state index contributed by atoms with van der Waals surface area (Å²) in [6.07, 6.45) is 10.6. The van der Waals surface area contributed by atoms with Crippen LogP contribution in [-0.4, -0.2) is 35.5 Å². The van der Waals surface area contributed by atoms with E-state index in [0.29, 0.717) is 42.9 Å². The zero-order valence-corrected chi connectivity index (χ0v) is 17.6. The summed E-state index contributed by atoms with van der Waals surface area (Å²) in [6, 6.07) is 5.27. The summed E-state index contributed by atoms with van der Waals surface area (Å²) in [5.41, 5.74) is 0.914. The van der Waals surface area contributed by atoms with E-state index in [9.17, 15) is 9.59 Å². The number of nitrogens with zero attached hydrogens (tertiary/aromatic N) is 1. The number of anilines is 1. The number of benzene rings is 1. The van der Waals surface area contributed by atoms with Crippen molar-refractivity contribution in [3.63, 3.8) is 0 Å². The van der Waals surface area contributed by atoms with Gasteiger partial charge in [0.05, 0.1) is 11.3 Å². The van der Waals surface area contributed by atoms with E-state index in [1.165, 1.54) is 32.1 Å². The molecule has 0 unspecified atom stereocenters. The second-order valence-corrected chi connectivity index (χ2v) is 8.54. The molecule has 6 heteroatoms. The van der Waals surface area contributed by atoms with Crippen LogP contribution in [0.15, 0.2) is 18.2 Å². The fraction of sp³-hybridized carbons (Fsp3) is 0.636. The Bertz CT molecular complexity index is 699. The Labute approximate surface area is 173 Å². The lowest BCUT2D eigenvalue weighted by Gasteiger charge is -2.46. The molecule has 2 aliphatic rings. The highest BCUT2D eigenvalue weighted by Crippen LogP contribution is 2.33. The molecule has 1 aromatic rings. The van der Waals surface area contributed by atoms with Crippen molar-refractivity contribution >= 4 is 29.1 Å². The van der Waals surface area contributed by atoms with Gasteiger partial charge in [-0.3, -0.25) is 9.59 Å². The molecule has 3 rings (SSSR count). The van der Waals surface area contributed by atoms with E-state index in [2.05, 4.69) is 17.6 Å². The first kappa shape index (κ1) is 21.0. The van der Waals surface area contributed by atoms with Crippen LogP contribution in [0.1, 0.15) is 81.5 Å². The molecule has 2 aliphatic heterocycles. The molecule has 0 radical (unpaired) electrons. The first-order chi connectivity index (χ1) is 13.5. The highest BCUT2D eigenvalue weighted by molar-refractivity contribution is 6.31. The molecule has 1 saturated heterocycles. The average Bonchev–Trinajstić information content (AvgIpc) is 2.67. The van der Waals surface area contributed by atoms with Crippen LogP contribution in [-0.2, 0) is 4.79 Å². The molecule has 0 saturated carbocycles. The summed E-state index contributed by atoms with van der Waals surface area (Å²) < 4.78 is 0. The van der Waals surface area contributed by atoms with Crippen molar-refractivity contribution in [3.05, 3.63) is 28.8 Å². The number of carbonyl (C=O) groups is 2. The number of carbonyl (C=O) groups excluding carboxylic acids is 2. The summed E-state index contributed by atoms with van der Waals surface area (Å²) in [7, 11) is 0. The average molecular weight is 406 g/mol. The van der Waals surface area contributed by atoms with Crippen LogP contribution in [0.5, 0.6) is 0 Å². The number of rotatable bonds is 8. The van der Waals surface area contributed by atoms with Crippen LogP contribution < -0.4 is 10.6 Å². The van der Waals surface area contributed by atoms with Crippen LogP contribution in [0, 0.1) is 0 Å². The van der Waals surface area contributed by atoms with E-state index in [1.54, 1.807) is 18.2 Å². The molecule has 0 aliphatic carbocycles. The zero-order valence-electron chi connectivity index (χ0n) is 16.9. The molecule has 2 N–H and O–H groups in total. The molecule has 1 aromatic carbocycles. The van der Waals surface area contributed by atoms with Gasteiger partial charge in [0, 0.05) is 37.4 Å². The van der Waals surface area contributed by atoms with E-state index >= 15 is 0 Å². The molecule has 2 amide bonds. The third kappa shape index (κ3) is 5.19. The van der Waals surface area contributed by atoms with Gasteiger partial charge >= 0.3 is 0 Å². The van der Waals surface area contributed by atoms with Crippen LogP contribution in [0.25, 0.3) is 0 Å². The largest absolute Gasteiger partial charge is 0.362 e. The number of unbranched alkanes of at least 4 members (excludes halogenated alkanes) is 6. The van der Waals surface area contributed by atoms with Crippen LogP contribution in [0.4, 0.5) is 5.69 Å². The predicted octanol–water partition coefficient (Wildman–Crippen LogP) is 4.95. The summed E-state index contributed by atoms with van der Waals surface area (Å²) in [4.78, 5) is 26.9. The van der Waals surface area contributed by atoms with E-state index in [1.807, 2.05) is 4.90 Å². The highest BCUT2D eigenvalue weighted by atomic mass is 35.5. The second kappa shape index (κ2) is 9.64. The Kier molecular flexibility index (Phi) is 7.22. The van der Waals surface area contributed by atoms with Crippen molar-refractivity contribution < 1.29 is 9.59 Å². The SMILES string of the molecule is CCCCCCCCCC(=O)N1CCC2(CC1)NC(=O)c1ccc(Cl)cc1N2. The molecule has 1 spiro atoms. The van der Waals surface area contributed by atoms with Gasteiger partial charge in [-0.1, -0.05) is 57.0 Å². The van der Waals surface area contributed by atoms with Gasteiger partial charge in [-0.15, -0.1) is 0 Å². The summed E-state index contributed by atoms with van der Waals surface area (Å²) in [5.74, 6) is 0.169. The molecular weight excluding hydrogens is 374 g/mol. The molecule has 28 heavy (non-hydrogen) atoms. The number of halogens is 1. The topological polar surface area (TPSA) is 61.4 Å². The van der Waals surface area contributed by atoms with E-state index in [4.69, 9.17) is 11.6 Å². The lowest BCUT2D eigenvalue weighted by Crippen LogP contribution is -2.62. The Morgan fingerprint density at radius 3 is 2.46 bits per heavy atom. The van der Waals surface area contributed by atoms with Crippen LogP contribution in [0.3, 0.4) is 0 Å². The quantitative estimate of drug-likeness (QED) is 0.601. The first-order valence-electron chi connectivity index (χ1n) is 10.7. The highest BCUT2D eigenvalue weighted by Gasteiger charge is 2.40. The number of nitrogens with one attached hydrogen (secondary N) is 2. The van der Waals surface area contributed by atoms with E-state index in [0.717, 1.165) is 18.5 Å². The van der Waals surface area contributed by atoms with Crippen molar-refractivity contribution in [2.45, 2.75) is 76.8 Å². The van der Waals surface area contributed by atoms with Crippen LogP contribution >= 0.6 is 11.6 Å². The lowest BCUT2D eigenvalue weighted by atomic mass is 9.92. The summed E-state index contributed by atoms with van der Waals surface area (Å²) in [6.45, 7) is 3.56. The fourth-order valence-electron chi connectivity index (χ4n) is 4.17. The van der Waals surface area contributed by atoms with Gasteiger partial charge < -0.3 is 15.5 Å². The summed E-state index contributed by atoms with van der Waals surface area (Å²) >= 11 is 6.09. The minimum Gasteiger partial charge on any atom is -0.362 e. The molecule has 0 aromatic heterocycles. The molecule has 5 nitrogen and oxygen atoms in total. The van der Waals surface area contributed by atoms with Crippen molar-refractivity contribution in [2.24, 2.45) is 0 Å². The zero-order chi connectivity index (χ0) is 20.0. The van der Waals surface area contributed by atoms with Gasteiger partial charge in [0.2, 0.25) is 5.91 Å². The first-order valence-corrected chi connectivity index (χ1v) is 11.1. The number of amides is 2. The van der Waals surface area contributed by atoms with Gasteiger partial charge in [-0.25, -0.2) is 0 Å². The Balaban J connectivity index is 1.44. The lowest BCUT2D eigenvalue weighted by molar-refractivity contribution is -0.132. The molecule has 0 bridgehead atoms. The van der Waals surface area contributed by atoms with Crippen LogP contribution in [0.2, 0.25) is 5.02 Å². The molecular formula is C22H32ClN3O2. The Hall–Kier alpha value is -1.75.